The summed E-state index contributed by atoms with van der Waals surface area (Å²) in [6.45, 7) is 1.89. The number of benzene rings is 2. The highest BCUT2D eigenvalue weighted by molar-refractivity contribution is 7.90. The minimum atomic E-state index is -3.48. The number of nitrogens with zero attached hydrogens (tertiary/aromatic N) is 2. The molecular weight excluding hydrogens is 468 g/mol. The first-order valence-corrected chi connectivity index (χ1v) is 12.9. The molecule has 0 fully saturated rings. The summed E-state index contributed by atoms with van der Waals surface area (Å²) >= 11 is 1.20. The van der Waals surface area contributed by atoms with Crippen LogP contribution in [0.25, 0.3) is 10.2 Å². The minimum absolute atomic E-state index is 0.109. The van der Waals surface area contributed by atoms with Crippen LogP contribution in [0.3, 0.4) is 0 Å². The maximum atomic E-state index is 12.5. The van der Waals surface area contributed by atoms with Gasteiger partial charge < -0.3 is 18.8 Å². The summed E-state index contributed by atoms with van der Waals surface area (Å²) in [5.41, 5.74) is 1.30. The maximum Gasteiger partial charge on any atom is 0.326 e. The molecule has 1 aromatic heterocycles. The van der Waals surface area contributed by atoms with Crippen molar-refractivity contribution < 1.29 is 32.2 Å². The van der Waals surface area contributed by atoms with Gasteiger partial charge in [-0.05, 0) is 12.5 Å². The molecule has 0 N–H and O–H groups in total. The van der Waals surface area contributed by atoms with Gasteiger partial charge in [0.2, 0.25) is 12.7 Å². The summed E-state index contributed by atoms with van der Waals surface area (Å²) in [5.74, 6) is -0.425. The molecule has 174 valence electrons. The highest BCUT2D eigenvalue weighted by Crippen LogP contribution is 2.37. The molecule has 4 rings (SSSR count). The van der Waals surface area contributed by atoms with Crippen molar-refractivity contribution in [3.05, 3.63) is 52.8 Å². The standard InChI is InChI=1S/C22H22N2O7S2/c1-2-29-21(26)12-24-16-10-17-18(31-14-30-17)11-19(16)32-22(24)23-20(25)8-9-33(27,28)13-15-6-4-3-5-7-15/h3-7,10-11H,2,8-9,12-14H2,1H3. The molecule has 0 bridgehead atoms. The molecule has 0 spiro atoms. The molecule has 0 saturated carbocycles. The molecule has 0 radical (unpaired) electrons. The minimum Gasteiger partial charge on any atom is -0.465 e. The van der Waals surface area contributed by atoms with Gasteiger partial charge >= 0.3 is 5.97 Å². The molecule has 3 aromatic rings. The number of hydrogen-bond donors (Lipinski definition) is 0. The Balaban J connectivity index is 1.58. The second-order valence-electron chi connectivity index (χ2n) is 7.28. The van der Waals surface area contributed by atoms with Crippen molar-refractivity contribution in [2.45, 2.75) is 25.6 Å². The van der Waals surface area contributed by atoms with Gasteiger partial charge in [0.1, 0.15) is 6.54 Å². The van der Waals surface area contributed by atoms with Crippen LogP contribution < -0.4 is 14.3 Å². The molecule has 33 heavy (non-hydrogen) atoms. The summed E-state index contributed by atoms with van der Waals surface area (Å²) in [6, 6.07) is 12.3. The van der Waals surface area contributed by atoms with Gasteiger partial charge in [0.05, 0.1) is 28.3 Å². The van der Waals surface area contributed by atoms with Crippen molar-refractivity contribution in [3.8, 4) is 11.5 Å². The molecule has 9 nitrogen and oxygen atoms in total. The van der Waals surface area contributed by atoms with E-state index in [1.54, 1.807) is 47.9 Å². The Bertz CT molecular complexity index is 1360. The lowest BCUT2D eigenvalue weighted by Gasteiger charge is -2.06. The monoisotopic (exact) mass is 490 g/mol. The van der Waals surface area contributed by atoms with Crippen LogP contribution in [0.1, 0.15) is 18.9 Å². The average molecular weight is 491 g/mol. The molecule has 2 heterocycles. The number of esters is 1. The fraction of sp³-hybridized carbons (Fsp3) is 0.318. The van der Waals surface area contributed by atoms with Gasteiger partial charge in [0, 0.05) is 18.6 Å². The Morgan fingerprint density at radius 3 is 2.61 bits per heavy atom. The van der Waals surface area contributed by atoms with Crippen LogP contribution in [0, 0.1) is 0 Å². The van der Waals surface area contributed by atoms with Crippen LogP contribution >= 0.6 is 11.3 Å². The topological polar surface area (TPSA) is 113 Å². The summed E-state index contributed by atoms with van der Waals surface area (Å²) in [4.78, 5) is 29.1. The van der Waals surface area contributed by atoms with E-state index in [0.717, 1.165) is 4.70 Å². The van der Waals surface area contributed by atoms with Crippen molar-refractivity contribution in [1.29, 1.82) is 0 Å². The number of carbonyl (C=O) groups excluding carboxylic acids is 2. The Labute approximate surface area is 194 Å². The van der Waals surface area contributed by atoms with Gasteiger partial charge in [0.25, 0.3) is 0 Å². The van der Waals surface area contributed by atoms with E-state index in [2.05, 4.69) is 4.99 Å². The normalized spacial score (nSPS) is 13.4. The van der Waals surface area contributed by atoms with E-state index >= 15 is 0 Å². The third kappa shape index (κ3) is 5.60. The van der Waals surface area contributed by atoms with Gasteiger partial charge in [-0.2, -0.15) is 4.99 Å². The molecule has 0 saturated heterocycles. The summed E-state index contributed by atoms with van der Waals surface area (Å²) < 4.78 is 43.0. The quantitative estimate of drug-likeness (QED) is 0.446. The third-order valence-electron chi connectivity index (χ3n) is 4.85. The van der Waals surface area contributed by atoms with Crippen LogP contribution in [-0.2, 0) is 36.5 Å². The lowest BCUT2D eigenvalue weighted by atomic mass is 10.2. The SMILES string of the molecule is CCOC(=O)Cn1c(=NC(=O)CCS(=O)(=O)Cc2ccccc2)sc2cc3c(cc21)OCO3. The van der Waals surface area contributed by atoms with Crippen LogP contribution in [0.5, 0.6) is 11.5 Å². The molecule has 0 atom stereocenters. The van der Waals surface area contributed by atoms with Gasteiger partial charge in [-0.3, -0.25) is 9.59 Å². The van der Waals surface area contributed by atoms with E-state index in [1.165, 1.54) is 11.3 Å². The zero-order chi connectivity index (χ0) is 23.4. The van der Waals surface area contributed by atoms with Crippen LogP contribution in [0.15, 0.2) is 47.5 Å². The second kappa shape index (κ2) is 9.75. The van der Waals surface area contributed by atoms with Crippen LogP contribution in [-0.4, -0.2) is 44.0 Å². The van der Waals surface area contributed by atoms with E-state index < -0.39 is 21.7 Å². The predicted octanol–water partition coefficient (Wildman–Crippen LogP) is 2.43. The summed E-state index contributed by atoms with van der Waals surface area (Å²) in [5, 5.41) is 0. The fourth-order valence-electron chi connectivity index (χ4n) is 3.34. The van der Waals surface area contributed by atoms with Crippen LogP contribution in [0.4, 0.5) is 0 Å². The number of fused-ring (bicyclic) bond motifs is 2. The molecule has 0 unspecified atom stereocenters. The molecule has 1 aliphatic heterocycles. The van der Waals surface area contributed by atoms with Gasteiger partial charge in [-0.15, -0.1) is 0 Å². The third-order valence-corrected chi connectivity index (χ3v) is 7.49. The van der Waals surface area contributed by atoms with Gasteiger partial charge in [-0.25, -0.2) is 8.42 Å². The van der Waals surface area contributed by atoms with E-state index in [0.29, 0.717) is 22.6 Å². The second-order valence-corrected chi connectivity index (χ2v) is 10.5. The van der Waals surface area contributed by atoms with E-state index in [1.807, 2.05) is 6.07 Å². The lowest BCUT2D eigenvalue weighted by Crippen LogP contribution is -2.23. The van der Waals surface area contributed by atoms with Crippen molar-refractivity contribution in [2.24, 2.45) is 4.99 Å². The zero-order valence-electron chi connectivity index (χ0n) is 17.9. The number of carbonyl (C=O) groups is 2. The number of rotatable bonds is 8. The maximum absolute atomic E-state index is 12.5. The zero-order valence-corrected chi connectivity index (χ0v) is 19.5. The largest absolute Gasteiger partial charge is 0.465 e. The molecular formula is C22H22N2O7S2. The predicted molar refractivity (Wildman–Crippen MR) is 122 cm³/mol. The van der Waals surface area contributed by atoms with E-state index in [4.69, 9.17) is 14.2 Å². The lowest BCUT2D eigenvalue weighted by molar-refractivity contribution is -0.143. The van der Waals surface area contributed by atoms with Crippen molar-refractivity contribution in [2.75, 3.05) is 19.2 Å². The summed E-state index contributed by atoms with van der Waals surface area (Å²) in [6.07, 6.45) is -0.258. The Hall–Kier alpha value is -3.18. The molecule has 0 aliphatic carbocycles. The number of amides is 1. The number of hydrogen-bond acceptors (Lipinski definition) is 8. The molecule has 2 aromatic carbocycles. The first-order chi connectivity index (χ1) is 15.8. The van der Waals surface area contributed by atoms with E-state index in [-0.39, 0.29) is 42.7 Å². The highest BCUT2D eigenvalue weighted by atomic mass is 32.2. The first kappa shape index (κ1) is 23.0. The average Bonchev–Trinajstić information content (AvgIpc) is 3.35. The van der Waals surface area contributed by atoms with Crippen molar-refractivity contribution >= 4 is 43.3 Å². The smallest absolute Gasteiger partial charge is 0.326 e. The summed E-state index contributed by atoms with van der Waals surface area (Å²) in [7, 11) is -3.48. The number of sulfone groups is 1. The molecule has 1 aliphatic rings. The first-order valence-electron chi connectivity index (χ1n) is 10.2. The Kier molecular flexibility index (Phi) is 6.80. The number of thiazole rings is 1. The van der Waals surface area contributed by atoms with E-state index in [9.17, 15) is 18.0 Å². The fourth-order valence-corrected chi connectivity index (χ4v) is 5.73. The molecule has 11 heteroatoms. The van der Waals surface area contributed by atoms with Gasteiger partial charge in [-0.1, -0.05) is 41.7 Å². The Morgan fingerprint density at radius 1 is 1.15 bits per heavy atom. The molecule has 1 amide bonds. The number of aromatic nitrogens is 1. The van der Waals surface area contributed by atoms with Crippen molar-refractivity contribution in [3.63, 3.8) is 0 Å². The van der Waals surface area contributed by atoms with Gasteiger partial charge in [0.15, 0.2) is 26.1 Å². The Morgan fingerprint density at radius 2 is 1.88 bits per heavy atom. The van der Waals surface area contributed by atoms with Crippen LogP contribution in [0.2, 0.25) is 0 Å². The highest BCUT2D eigenvalue weighted by Gasteiger charge is 2.20. The number of ether oxygens (including phenoxy) is 3. The van der Waals surface area contributed by atoms with Crippen molar-refractivity contribution in [1.82, 2.24) is 4.57 Å².